The zero-order chi connectivity index (χ0) is 8.58. The molecule has 0 fully saturated rings. The van der Waals surface area contributed by atoms with Crippen LogP contribution in [0.3, 0.4) is 0 Å². The van der Waals surface area contributed by atoms with Crippen LogP contribution in [0.25, 0.3) is 0 Å². The second-order valence-electron chi connectivity index (χ2n) is 4.88. The number of nitrogens with one attached hydrogen (secondary N) is 1. The normalized spacial score (nSPS) is 14.3. The molecule has 2 heteroatoms. The fourth-order valence-corrected chi connectivity index (χ4v) is 3.38. The van der Waals surface area contributed by atoms with Gasteiger partial charge in [-0.2, -0.15) is 0 Å². The lowest BCUT2D eigenvalue weighted by molar-refractivity contribution is 0.711. The van der Waals surface area contributed by atoms with Crippen LogP contribution >= 0.6 is 7.71 Å². The zero-order valence-electron chi connectivity index (χ0n) is 8.00. The summed E-state index contributed by atoms with van der Waals surface area (Å²) in [6.45, 7) is 13.0. The summed E-state index contributed by atoms with van der Waals surface area (Å²) in [7, 11) is -0.971. The molecule has 0 heterocycles. The third-order valence-electron chi connectivity index (χ3n) is 1.50. The van der Waals surface area contributed by atoms with Gasteiger partial charge in [0.25, 0.3) is 0 Å². The minimum absolute atomic E-state index is 0.211. The van der Waals surface area contributed by atoms with Crippen molar-refractivity contribution in [3.8, 4) is 0 Å². The molecule has 0 spiro atoms. The maximum Gasteiger partial charge on any atom is -0.00536 e. The first kappa shape index (κ1) is 10.2. The molecule has 1 N–H and O–H groups in total. The molecule has 10 heavy (non-hydrogen) atoms. The first-order valence-corrected chi connectivity index (χ1v) is 5.25. The van der Waals surface area contributed by atoms with Crippen molar-refractivity contribution in [3.63, 3.8) is 0 Å². The van der Waals surface area contributed by atoms with Crippen LogP contribution in [0.2, 0.25) is 0 Å². The van der Waals surface area contributed by atoms with Crippen molar-refractivity contribution >= 4 is 7.71 Å². The summed E-state index contributed by atoms with van der Waals surface area (Å²) in [5.74, 6) is 0. The van der Waals surface area contributed by atoms with Gasteiger partial charge in [0.2, 0.25) is 0 Å². The average molecular weight is 161 g/mol. The van der Waals surface area contributed by atoms with Crippen molar-refractivity contribution in [1.29, 1.82) is 5.16 Å². The highest BCUT2D eigenvalue weighted by Crippen LogP contribution is 2.49. The summed E-state index contributed by atoms with van der Waals surface area (Å²) in [6.07, 6.45) is 0. The van der Waals surface area contributed by atoms with E-state index in [4.69, 9.17) is 5.16 Å². The molecule has 0 aromatic carbocycles. The van der Waals surface area contributed by atoms with Gasteiger partial charge in [-0.3, -0.25) is 0 Å². The summed E-state index contributed by atoms with van der Waals surface area (Å²) in [5.41, 5.74) is 0. The van der Waals surface area contributed by atoms with E-state index in [0.717, 1.165) is 0 Å². The second kappa shape index (κ2) is 2.70. The summed E-state index contributed by atoms with van der Waals surface area (Å²) >= 11 is 0. The van der Waals surface area contributed by atoms with Crippen LogP contribution < -0.4 is 0 Å². The van der Waals surface area contributed by atoms with Crippen molar-refractivity contribution in [2.75, 3.05) is 0 Å². The molecule has 0 rings (SSSR count). The lowest BCUT2D eigenvalue weighted by atomic mass is 10.2. The van der Waals surface area contributed by atoms with Gasteiger partial charge in [-0.05, 0) is 18.0 Å². The van der Waals surface area contributed by atoms with Crippen LogP contribution in [0.1, 0.15) is 41.5 Å². The maximum absolute atomic E-state index is 7.98. The highest BCUT2D eigenvalue weighted by atomic mass is 31.1. The Hall–Kier alpha value is 0.230. The van der Waals surface area contributed by atoms with Gasteiger partial charge in [0.1, 0.15) is 0 Å². The van der Waals surface area contributed by atoms with E-state index < -0.39 is 7.71 Å². The molecule has 0 amide bonds. The van der Waals surface area contributed by atoms with Crippen molar-refractivity contribution in [3.05, 3.63) is 0 Å². The summed E-state index contributed by atoms with van der Waals surface area (Å²) < 4.78 is 0. The van der Waals surface area contributed by atoms with E-state index in [1.165, 1.54) is 0 Å². The Morgan fingerprint density at radius 3 is 1.00 bits per heavy atom. The maximum atomic E-state index is 7.98. The van der Waals surface area contributed by atoms with Crippen LogP contribution in [0.4, 0.5) is 0 Å². The van der Waals surface area contributed by atoms with E-state index in [-0.39, 0.29) is 10.3 Å². The first-order chi connectivity index (χ1) is 4.15. The highest BCUT2D eigenvalue weighted by Gasteiger charge is 2.26. The van der Waals surface area contributed by atoms with Gasteiger partial charge in [-0.15, -0.1) is 0 Å². The van der Waals surface area contributed by atoms with Gasteiger partial charge in [0.15, 0.2) is 0 Å². The Morgan fingerprint density at radius 2 is 1.00 bits per heavy atom. The number of rotatable bonds is 0. The molecule has 0 aromatic rings. The number of hydrogen-bond acceptors (Lipinski definition) is 1. The summed E-state index contributed by atoms with van der Waals surface area (Å²) in [4.78, 5) is 0. The minimum atomic E-state index is -0.971. The van der Waals surface area contributed by atoms with E-state index in [1.807, 2.05) is 0 Å². The molecule has 0 aliphatic carbocycles. The Morgan fingerprint density at radius 1 is 0.800 bits per heavy atom. The lowest BCUT2D eigenvalue weighted by Gasteiger charge is -2.31. The van der Waals surface area contributed by atoms with Gasteiger partial charge in [0.05, 0.1) is 0 Å². The summed E-state index contributed by atoms with van der Waals surface area (Å²) in [5, 5.41) is 8.40. The molecule has 0 aliphatic rings. The molecule has 62 valence electrons. The molecular formula is C8H20NP. The second-order valence-corrected chi connectivity index (χ2v) is 8.62. The molecule has 0 atom stereocenters. The molecule has 1 nitrogen and oxygen atoms in total. The van der Waals surface area contributed by atoms with Gasteiger partial charge in [-0.1, -0.05) is 41.5 Å². The Balaban J connectivity index is 4.40. The largest absolute Gasteiger partial charge is 0.321 e. The Labute approximate surface area is 65.5 Å². The predicted molar refractivity (Wildman–Crippen MR) is 50.5 cm³/mol. The van der Waals surface area contributed by atoms with E-state index in [1.54, 1.807) is 0 Å². The topological polar surface area (TPSA) is 23.9 Å². The minimum Gasteiger partial charge on any atom is -0.321 e. The quantitative estimate of drug-likeness (QED) is 0.525. The van der Waals surface area contributed by atoms with Crippen molar-refractivity contribution in [2.45, 2.75) is 51.9 Å². The zero-order valence-corrected chi connectivity index (χ0v) is 9.00. The van der Waals surface area contributed by atoms with E-state index in [9.17, 15) is 0 Å². The smallest absolute Gasteiger partial charge is 0.00536 e. The molecule has 0 aromatic heterocycles. The van der Waals surface area contributed by atoms with Gasteiger partial charge >= 0.3 is 0 Å². The third-order valence-corrected chi connectivity index (χ3v) is 4.50. The predicted octanol–water partition coefficient (Wildman–Crippen LogP) is 3.56. The van der Waals surface area contributed by atoms with E-state index >= 15 is 0 Å². The highest BCUT2D eigenvalue weighted by molar-refractivity contribution is 7.49. The standard InChI is InChI=1S/C8H20NP/c1-7(2,3)10(9)8(4,5)6/h9-10H,1-6H3. The Kier molecular flexibility index (Phi) is 2.76. The number of hydrogen-bond donors (Lipinski definition) is 1. The SMILES string of the molecule is CC(C)(C)[PH](=N)C(C)(C)C. The van der Waals surface area contributed by atoms with Crippen LogP contribution in [0.15, 0.2) is 0 Å². The molecule has 0 bridgehead atoms. The van der Waals surface area contributed by atoms with E-state index in [0.29, 0.717) is 0 Å². The molecule has 0 saturated heterocycles. The van der Waals surface area contributed by atoms with Gasteiger partial charge < -0.3 is 5.16 Å². The lowest BCUT2D eigenvalue weighted by Crippen LogP contribution is -2.19. The molecular weight excluding hydrogens is 141 g/mol. The Bertz CT molecular complexity index is 120. The van der Waals surface area contributed by atoms with Crippen molar-refractivity contribution < 1.29 is 0 Å². The molecule has 0 radical (unpaired) electrons. The van der Waals surface area contributed by atoms with Crippen LogP contribution in [0, 0.1) is 5.16 Å². The molecule has 0 aliphatic heterocycles. The average Bonchev–Trinajstić information content (AvgIpc) is 1.59. The molecule has 0 saturated carbocycles. The summed E-state index contributed by atoms with van der Waals surface area (Å²) in [6, 6.07) is 0. The van der Waals surface area contributed by atoms with Gasteiger partial charge in [0, 0.05) is 0 Å². The fourth-order valence-electron chi connectivity index (χ4n) is 1.12. The van der Waals surface area contributed by atoms with Gasteiger partial charge in [-0.25, -0.2) is 0 Å². The van der Waals surface area contributed by atoms with Crippen molar-refractivity contribution in [1.82, 2.24) is 0 Å². The third kappa shape index (κ3) is 2.88. The van der Waals surface area contributed by atoms with Crippen molar-refractivity contribution in [2.24, 2.45) is 0 Å². The fraction of sp³-hybridized carbons (Fsp3) is 1.00. The first-order valence-electron chi connectivity index (χ1n) is 3.75. The van der Waals surface area contributed by atoms with E-state index in [2.05, 4.69) is 41.5 Å². The monoisotopic (exact) mass is 161 g/mol. The van der Waals surface area contributed by atoms with Crippen LogP contribution in [-0.4, -0.2) is 10.3 Å². The van der Waals surface area contributed by atoms with Crippen LogP contribution in [-0.2, 0) is 0 Å². The van der Waals surface area contributed by atoms with Crippen LogP contribution in [0.5, 0.6) is 0 Å². The molecule has 0 unspecified atom stereocenters.